The van der Waals surface area contributed by atoms with E-state index in [0.717, 1.165) is 43.4 Å². The van der Waals surface area contributed by atoms with E-state index in [9.17, 15) is 0 Å². The molecule has 3 aliphatic carbocycles. The van der Waals surface area contributed by atoms with Crippen LogP contribution in [-0.4, -0.2) is 16.7 Å². The van der Waals surface area contributed by atoms with Gasteiger partial charge in [-0.3, -0.25) is 5.10 Å². The lowest BCUT2D eigenvalue weighted by molar-refractivity contribution is 0.371. The number of rotatable bonds is 7. The van der Waals surface area contributed by atoms with Gasteiger partial charge >= 0.3 is 0 Å². The Hall–Kier alpha value is -2.81. The second kappa shape index (κ2) is 9.36. The average molecular weight is 426 g/mol. The van der Waals surface area contributed by atoms with Crippen LogP contribution in [0, 0.1) is 18.8 Å². The second-order valence-corrected chi connectivity index (χ2v) is 9.46. The molecule has 1 heterocycles. The number of H-pyrrole nitrogens is 1. The van der Waals surface area contributed by atoms with Crippen LogP contribution in [0.2, 0.25) is 0 Å². The van der Waals surface area contributed by atoms with Crippen LogP contribution in [0.5, 0.6) is 0 Å². The van der Waals surface area contributed by atoms with Crippen molar-refractivity contribution in [2.45, 2.75) is 58.8 Å². The molecule has 2 aromatic rings. The van der Waals surface area contributed by atoms with Crippen LogP contribution in [0.3, 0.4) is 0 Å². The Morgan fingerprint density at radius 1 is 1.12 bits per heavy atom. The van der Waals surface area contributed by atoms with Gasteiger partial charge in [0.25, 0.3) is 0 Å². The van der Waals surface area contributed by atoms with Gasteiger partial charge in [-0.2, -0.15) is 5.10 Å². The Kier molecular flexibility index (Phi) is 6.16. The summed E-state index contributed by atoms with van der Waals surface area (Å²) in [6, 6.07) is 6.86. The number of benzene rings is 1. The van der Waals surface area contributed by atoms with E-state index in [1.54, 1.807) is 5.57 Å². The molecular weight excluding hydrogens is 390 g/mol. The van der Waals surface area contributed by atoms with E-state index in [2.05, 4.69) is 84.0 Å². The molecule has 0 amide bonds. The molecule has 3 heteroatoms. The Balaban J connectivity index is 1.62. The maximum absolute atomic E-state index is 4.47. The zero-order valence-electron chi connectivity index (χ0n) is 19.5. The van der Waals surface area contributed by atoms with Crippen molar-refractivity contribution in [2.75, 3.05) is 6.54 Å². The third-order valence-electron chi connectivity index (χ3n) is 7.21. The van der Waals surface area contributed by atoms with Gasteiger partial charge in [0.15, 0.2) is 0 Å². The number of aromatic amines is 1. The summed E-state index contributed by atoms with van der Waals surface area (Å²) < 4.78 is 0. The van der Waals surface area contributed by atoms with Crippen molar-refractivity contribution in [1.29, 1.82) is 0 Å². The lowest BCUT2D eigenvalue weighted by Gasteiger charge is -2.35. The molecule has 1 aromatic carbocycles. The number of aromatic nitrogens is 2. The predicted octanol–water partition coefficient (Wildman–Crippen LogP) is 7.16. The predicted molar refractivity (Wildman–Crippen MR) is 135 cm³/mol. The lowest BCUT2D eigenvalue weighted by Crippen LogP contribution is -2.20. The van der Waals surface area contributed by atoms with E-state index < -0.39 is 0 Å². The van der Waals surface area contributed by atoms with Crippen LogP contribution in [0.4, 0.5) is 0 Å². The van der Waals surface area contributed by atoms with E-state index in [1.807, 2.05) is 0 Å². The maximum atomic E-state index is 4.47. The lowest BCUT2D eigenvalue weighted by atomic mass is 9.70. The van der Waals surface area contributed by atoms with Crippen molar-refractivity contribution in [2.24, 2.45) is 11.8 Å². The summed E-state index contributed by atoms with van der Waals surface area (Å²) in [5.74, 6) is 1.08. The first kappa shape index (κ1) is 21.1. The fourth-order valence-corrected chi connectivity index (χ4v) is 5.23. The molecule has 1 saturated carbocycles. The molecule has 1 atom stereocenters. The molecular formula is C29H35N3. The quantitative estimate of drug-likeness (QED) is 0.494. The Labute approximate surface area is 192 Å². The van der Waals surface area contributed by atoms with E-state index in [0.29, 0.717) is 11.8 Å². The number of nitrogens with one attached hydrogen (secondary N) is 2. The minimum atomic E-state index is 0.402. The summed E-state index contributed by atoms with van der Waals surface area (Å²) in [5.41, 5.74) is 9.42. The standard InChI is InChI=1S/C29H35N3/c1-3-18-30-25-15-12-23(13-16-25)29(24-14-17-27-26(19-24)20(2)31-32-27)28(22-10-7-11-22)21-8-5-4-6-9-21/h5,8-9,12,14-17,19,22-23,30H,3-4,6-7,10-11,13,18H2,1-2H3,(H,31,32)/b29-28-. The molecule has 1 fully saturated rings. The SMILES string of the molecule is CCCNC1=CCC(/C(=C(\C2=CCCC=C2)C2CCC2)c2ccc3n[nH]c(C)c3c2)C=C1. The highest BCUT2D eigenvalue weighted by Crippen LogP contribution is 2.46. The number of fused-ring (bicyclic) bond motifs is 1. The molecule has 1 unspecified atom stereocenters. The Morgan fingerprint density at radius 3 is 2.72 bits per heavy atom. The minimum absolute atomic E-state index is 0.402. The van der Waals surface area contributed by atoms with Crippen molar-refractivity contribution < 1.29 is 0 Å². The first-order valence-electron chi connectivity index (χ1n) is 12.4. The van der Waals surface area contributed by atoms with Crippen molar-refractivity contribution in [3.63, 3.8) is 0 Å². The fourth-order valence-electron chi connectivity index (χ4n) is 5.23. The summed E-state index contributed by atoms with van der Waals surface area (Å²) in [6.45, 7) is 5.37. The van der Waals surface area contributed by atoms with Gasteiger partial charge in [0.2, 0.25) is 0 Å². The van der Waals surface area contributed by atoms with E-state index in [1.165, 1.54) is 47.1 Å². The van der Waals surface area contributed by atoms with Crippen LogP contribution in [-0.2, 0) is 0 Å². The molecule has 0 aliphatic heterocycles. The molecule has 5 rings (SSSR count). The van der Waals surface area contributed by atoms with Gasteiger partial charge in [-0.25, -0.2) is 0 Å². The van der Waals surface area contributed by atoms with E-state index in [4.69, 9.17) is 0 Å². The molecule has 1 aromatic heterocycles. The van der Waals surface area contributed by atoms with Gasteiger partial charge in [-0.15, -0.1) is 0 Å². The van der Waals surface area contributed by atoms with Crippen molar-refractivity contribution >= 4 is 16.5 Å². The zero-order valence-corrected chi connectivity index (χ0v) is 19.5. The minimum Gasteiger partial charge on any atom is -0.385 e. The normalized spacial score (nSPS) is 21.8. The van der Waals surface area contributed by atoms with Crippen molar-refractivity contribution in [3.05, 3.63) is 82.8 Å². The summed E-state index contributed by atoms with van der Waals surface area (Å²) in [4.78, 5) is 0. The molecule has 3 aliphatic rings. The summed E-state index contributed by atoms with van der Waals surface area (Å²) >= 11 is 0. The monoisotopic (exact) mass is 425 g/mol. The van der Waals surface area contributed by atoms with Crippen LogP contribution in [0.25, 0.3) is 16.5 Å². The van der Waals surface area contributed by atoms with Crippen molar-refractivity contribution in [3.8, 4) is 0 Å². The van der Waals surface area contributed by atoms with E-state index >= 15 is 0 Å². The van der Waals surface area contributed by atoms with Gasteiger partial charge in [0.05, 0.1) is 5.52 Å². The fraction of sp³-hybridized carbons (Fsp3) is 0.414. The first-order valence-corrected chi connectivity index (χ1v) is 12.4. The van der Waals surface area contributed by atoms with Crippen LogP contribution >= 0.6 is 0 Å². The number of hydrogen-bond acceptors (Lipinski definition) is 2. The summed E-state index contributed by atoms with van der Waals surface area (Å²) in [7, 11) is 0. The molecule has 0 radical (unpaired) electrons. The van der Waals surface area contributed by atoms with Gasteiger partial charge in [0, 0.05) is 29.2 Å². The molecule has 0 saturated heterocycles. The molecule has 0 bridgehead atoms. The van der Waals surface area contributed by atoms with E-state index in [-0.39, 0.29) is 0 Å². The molecule has 166 valence electrons. The number of allylic oxidation sites excluding steroid dienone is 9. The number of hydrogen-bond donors (Lipinski definition) is 2. The molecule has 3 nitrogen and oxygen atoms in total. The smallest absolute Gasteiger partial charge is 0.0924 e. The Bertz CT molecular complexity index is 1130. The number of nitrogens with zero attached hydrogens (tertiary/aromatic N) is 1. The van der Waals surface area contributed by atoms with Gasteiger partial charge < -0.3 is 5.32 Å². The summed E-state index contributed by atoms with van der Waals surface area (Å²) in [5, 5.41) is 12.4. The maximum Gasteiger partial charge on any atom is 0.0924 e. The zero-order chi connectivity index (χ0) is 21.9. The summed E-state index contributed by atoms with van der Waals surface area (Å²) in [6.07, 6.45) is 22.8. The first-order chi connectivity index (χ1) is 15.7. The number of aryl methyl sites for hydroxylation is 1. The third-order valence-corrected chi connectivity index (χ3v) is 7.21. The van der Waals surface area contributed by atoms with Crippen LogP contribution in [0.15, 0.2) is 71.5 Å². The van der Waals surface area contributed by atoms with Gasteiger partial charge in [-0.1, -0.05) is 49.8 Å². The third kappa shape index (κ3) is 4.13. The second-order valence-electron chi connectivity index (χ2n) is 9.46. The highest BCUT2D eigenvalue weighted by atomic mass is 15.1. The molecule has 2 N–H and O–H groups in total. The highest BCUT2D eigenvalue weighted by Gasteiger charge is 2.30. The topological polar surface area (TPSA) is 40.7 Å². The Morgan fingerprint density at radius 2 is 2.03 bits per heavy atom. The van der Waals surface area contributed by atoms with Gasteiger partial charge in [0.1, 0.15) is 0 Å². The van der Waals surface area contributed by atoms with Crippen LogP contribution < -0.4 is 5.32 Å². The largest absolute Gasteiger partial charge is 0.385 e. The highest BCUT2D eigenvalue weighted by molar-refractivity contribution is 5.88. The molecule has 32 heavy (non-hydrogen) atoms. The average Bonchev–Trinajstić information content (AvgIpc) is 3.17. The van der Waals surface area contributed by atoms with Crippen molar-refractivity contribution in [1.82, 2.24) is 15.5 Å². The molecule has 0 spiro atoms. The van der Waals surface area contributed by atoms with Gasteiger partial charge in [-0.05, 0) is 91.9 Å². The van der Waals surface area contributed by atoms with Crippen LogP contribution in [0.1, 0.15) is 63.1 Å².